The van der Waals surface area contributed by atoms with Gasteiger partial charge in [0, 0.05) is 19.6 Å². The van der Waals surface area contributed by atoms with E-state index in [-0.39, 0.29) is 19.1 Å². The fourth-order valence-electron chi connectivity index (χ4n) is 4.87. The number of carboxylic acids is 1. The molecule has 204 valence electrons. The van der Waals surface area contributed by atoms with Crippen LogP contribution in [0.5, 0.6) is 0 Å². The lowest BCUT2D eigenvalue weighted by Gasteiger charge is -2.31. The quantitative estimate of drug-likeness (QED) is 0.429. The van der Waals surface area contributed by atoms with Crippen LogP contribution in [0.25, 0.3) is 0 Å². The molecule has 3 aromatic rings. The first kappa shape index (κ1) is 27.9. The summed E-state index contributed by atoms with van der Waals surface area (Å²) in [4.78, 5) is 12.6. The van der Waals surface area contributed by atoms with Crippen LogP contribution in [-0.2, 0) is 45.7 Å². The second-order valence-electron chi connectivity index (χ2n) is 10.7. The van der Waals surface area contributed by atoms with Gasteiger partial charge in [0.05, 0.1) is 29.2 Å². The van der Waals surface area contributed by atoms with Crippen LogP contribution in [0.1, 0.15) is 61.7 Å². The number of carbonyl (C=O) groups is 1. The molecule has 4 rings (SSSR count). The van der Waals surface area contributed by atoms with E-state index in [1.165, 1.54) is 4.31 Å². The monoisotopic (exact) mass is 540 g/mol. The van der Waals surface area contributed by atoms with Gasteiger partial charge in [-0.1, -0.05) is 48.5 Å². The number of nitrogens with zero attached hydrogens (tertiary/aromatic N) is 4. The number of aliphatic carboxylic acids is 1. The fraction of sp³-hybridized carbons (Fsp3) is 0.464. The third-order valence-corrected chi connectivity index (χ3v) is 9.12. The molecule has 10 heteroatoms. The molecule has 2 heterocycles. The minimum Gasteiger partial charge on any atom is -0.481 e. The Balaban J connectivity index is 1.67. The molecule has 2 atom stereocenters. The van der Waals surface area contributed by atoms with Gasteiger partial charge < -0.3 is 9.84 Å². The number of benzene rings is 2. The number of ether oxygens (including phenoxy) is 1. The lowest BCUT2D eigenvalue weighted by molar-refractivity contribution is -0.158. The van der Waals surface area contributed by atoms with E-state index in [1.807, 2.05) is 44.2 Å². The summed E-state index contributed by atoms with van der Waals surface area (Å²) in [5, 5.41) is 18.2. The van der Waals surface area contributed by atoms with Gasteiger partial charge >= 0.3 is 5.97 Å². The Labute approximate surface area is 224 Å². The predicted octanol–water partition coefficient (Wildman–Crippen LogP) is 4.36. The average Bonchev–Trinajstić information content (AvgIpc) is 3.30. The highest BCUT2D eigenvalue weighted by Crippen LogP contribution is 2.39. The Hall–Kier alpha value is -3.08. The smallest absolute Gasteiger partial charge is 0.312 e. The first-order chi connectivity index (χ1) is 17.9. The van der Waals surface area contributed by atoms with Crippen LogP contribution in [0.2, 0.25) is 0 Å². The van der Waals surface area contributed by atoms with Gasteiger partial charge in [0.15, 0.2) is 0 Å². The zero-order chi connectivity index (χ0) is 27.7. The van der Waals surface area contributed by atoms with Gasteiger partial charge in [-0.2, -0.15) is 4.31 Å². The normalized spacial score (nSPS) is 18.5. The van der Waals surface area contributed by atoms with E-state index in [9.17, 15) is 18.3 Å². The molecule has 0 saturated carbocycles. The molecule has 1 aliphatic heterocycles. The van der Waals surface area contributed by atoms with Crippen molar-refractivity contribution in [2.24, 2.45) is 11.3 Å². The van der Waals surface area contributed by atoms with Gasteiger partial charge in [-0.25, -0.2) is 8.42 Å². The SMILES string of the molecule is CCn1cc(CO[C@H](c2ccc(C)c(CN3C[C@H](C)Cc4ccccc4S3(=O)=O)c2)C(C)(C)C(=O)O)nn1. The van der Waals surface area contributed by atoms with Crippen LogP contribution in [-0.4, -0.2) is 45.3 Å². The van der Waals surface area contributed by atoms with E-state index in [2.05, 4.69) is 17.2 Å². The van der Waals surface area contributed by atoms with Crippen molar-refractivity contribution < 1.29 is 23.1 Å². The minimum absolute atomic E-state index is 0.0966. The number of rotatable bonds is 9. The Morgan fingerprint density at radius 2 is 1.97 bits per heavy atom. The number of hydrogen-bond donors (Lipinski definition) is 1. The summed E-state index contributed by atoms with van der Waals surface area (Å²) in [6.45, 7) is 10.5. The molecule has 9 nitrogen and oxygen atoms in total. The van der Waals surface area contributed by atoms with E-state index in [1.54, 1.807) is 36.9 Å². The number of aryl methyl sites for hydroxylation is 2. The minimum atomic E-state index is -3.70. The molecule has 0 spiro atoms. The summed E-state index contributed by atoms with van der Waals surface area (Å²) >= 11 is 0. The van der Waals surface area contributed by atoms with E-state index < -0.39 is 27.5 Å². The van der Waals surface area contributed by atoms with Crippen LogP contribution in [0.15, 0.2) is 53.6 Å². The fourth-order valence-corrected chi connectivity index (χ4v) is 6.65. The summed E-state index contributed by atoms with van der Waals surface area (Å²) in [6.07, 6.45) is 1.66. The maximum Gasteiger partial charge on any atom is 0.312 e. The van der Waals surface area contributed by atoms with Gasteiger partial charge in [-0.15, -0.1) is 5.10 Å². The highest BCUT2D eigenvalue weighted by Gasteiger charge is 2.40. The molecule has 38 heavy (non-hydrogen) atoms. The number of fused-ring (bicyclic) bond motifs is 1. The molecule has 0 fully saturated rings. The summed E-state index contributed by atoms with van der Waals surface area (Å²) in [5.41, 5.74) is 2.59. The zero-order valence-corrected chi connectivity index (χ0v) is 23.4. The second kappa shape index (κ2) is 11.0. The molecular formula is C28H36N4O5S. The van der Waals surface area contributed by atoms with Crippen molar-refractivity contribution >= 4 is 16.0 Å². The Kier molecular flexibility index (Phi) is 8.06. The molecule has 0 amide bonds. The summed E-state index contributed by atoms with van der Waals surface area (Å²) in [7, 11) is -3.70. The Morgan fingerprint density at radius 3 is 2.66 bits per heavy atom. The second-order valence-corrected chi connectivity index (χ2v) is 12.6. The van der Waals surface area contributed by atoms with Crippen LogP contribution < -0.4 is 0 Å². The average molecular weight is 541 g/mol. The lowest BCUT2D eigenvalue weighted by atomic mass is 9.81. The molecule has 1 aromatic heterocycles. The molecule has 1 N–H and O–H groups in total. The van der Waals surface area contributed by atoms with Crippen LogP contribution in [0, 0.1) is 18.3 Å². The molecule has 0 unspecified atom stereocenters. The van der Waals surface area contributed by atoms with Crippen molar-refractivity contribution in [2.75, 3.05) is 6.54 Å². The van der Waals surface area contributed by atoms with Gasteiger partial charge in [0.1, 0.15) is 5.69 Å². The van der Waals surface area contributed by atoms with Gasteiger partial charge in [0.25, 0.3) is 0 Å². The first-order valence-electron chi connectivity index (χ1n) is 12.8. The largest absolute Gasteiger partial charge is 0.481 e. The van der Waals surface area contributed by atoms with Crippen molar-refractivity contribution in [1.82, 2.24) is 19.3 Å². The highest BCUT2D eigenvalue weighted by atomic mass is 32.2. The summed E-state index contributed by atoms with van der Waals surface area (Å²) in [5.74, 6) is -0.849. The van der Waals surface area contributed by atoms with E-state index in [0.29, 0.717) is 35.7 Å². The molecule has 1 aliphatic rings. The lowest BCUT2D eigenvalue weighted by Crippen LogP contribution is -2.34. The molecule has 0 saturated heterocycles. The molecule has 2 aromatic carbocycles. The predicted molar refractivity (Wildman–Crippen MR) is 143 cm³/mol. The first-order valence-corrected chi connectivity index (χ1v) is 14.3. The summed E-state index contributed by atoms with van der Waals surface area (Å²) in [6, 6.07) is 12.8. The molecule has 0 aliphatic carbocycles. The number of hydrogen-bond acceptors (Lipinski definition) is 6. The van der Waals surface area contributed by atoms with Gasteiger partial charge in [-0.05, 0) is 68.4 Å². The van der Waals surface area contributed by atoms with Crippen LogP contribution >= 0.6 is 0 Å². The standard InChI is InChI=1S/C28H36N4O5S/c1-6-31-17-24(29-30-31)18-37-26(28(4,5)27(33)34)22-12-11-20(3)23(14-22)16-32-15-19(2)13-21-9-7-8-10-25(21)38(32,35)36/h7-12,14,17,19,26H,6,13,15-16,18H2,1-5H3,(H,33,34)/t19-,26-/m1/s1. The topological polar surface area (TPSA) is 115 Å². The van der Waals surface area contributed by atoms with Crippen molar-refractivity contribution in [2.45, 2.75) is 71.7 Å². The number of sulfonamides is 1. The van der Waals surface area contributed by atoms with Gasteiger partial charge in [-0.3, -0.25) is 9.48 Å². The van der Waals surface area contributed by atoms with Gasteiger partial charge in [0.2, 0.25) is 10.0 Å². The van der Waals surface area contributed by atoms with E-state index in [0.717, 1.165) is 16.7 Å². The Bertz CT molecular complexity index is 1420. The number of carboxylic acid groups (broad SMARTS) is 1. The highest BCUT2D eigenvalue weighted by molar-refractivity contribution is 7.89. The number of aromatic nitrogens is 3. The maximum absolute atomic E-state index is 13.6. The third-order valence-electron chi connectivity index (χ3n) is 7.21. The van der Waals surface area contributed by atoms with Crippen molar-refractivity contribution in [3.8, 4) is 0 Å². The molecular weight excluding hydrogens is 504 g/mol. The maximum atomic E-state index is 13.6. The molecule has 0 bridgehead atoms. The third kappa shape index (κ3) is 5.67. The van der Waals surface area contributed by atoms with Crippen molar-refractivity contribution in [3.63, 3.8) is 0 Å². The zero-order valence-electron chi connectivity index (χ0n) is 22.6. The van der Waals surface area contributed by atoms with E-state index >= 15 is 0 Å². The van der Waals surface area contributed by atoms with Crippen LogP contribution in [0.3, 0.4) is 0 Å². The van der Waals surface area contributed by atoms with Crippen molar-refractivity contribution in [3.05, 3.63) is 76.6 Å². The van der Waals surface area contributed by atoms with Crippen LogP contribution in [0.4, 0.5) is 0 Å². The Morgan fingerprint density at radius 1 is 1.24 bits per heavy atom. The molecule has 0 radical (unpaired) electrons. The van der Waals surface area contributed by atoms with Crippen molar-refractivity contribution in [1.29, 1.82) is 0 Å². The summed E-state index contributed by atoms with van der Waals surface area (Å²) < 4.78 is 36.7. The van der Waals surface area contributed by atoms with E-state index in [4.69, 9.17) is 4.74 Å².